The summed E-state index contributed by atoms with van der Waals surface area (Å²) >= 11 is 11.4. The average Bonchev–Trinajstić information content (AvgIpc) is 2.06. The van der Waals surface area contributed by atoms with Crippen LogP contribution >= 0.6 is 32.4 Å². The van der Waals surface area contributed by atoms with E-state index in [9.17, 15) is 0 Å². The van der Waals surface area contributed by atoms with Crippen LogP contribution in [0.15, 0.2) is 23.8 Å². The molecule has 3 heteroatoms. The fourth-order valence-electron chi connectivity index (χ4n) is 0.928. The lowest BCUT2D eigenvalue weighted by atomic mass is 9.98. The van der Waals surface area contributed by atoms with Crippen LogP contribution in [0.25, 0.3) is 0 Å². The number of rotatable bonds is 2. The Hall–Kier alpha value is 0.490. The Balaban J connectivity index is 2.63. The molecule has 1 aliphatic rings. The molecule has 0 aromatic rings. The van der Waals surface area contributed by atoms with Crippen molar-refractivity contribution in [1.29, 1.82) is 0 Å². The quantitative estimate of drug-likeness (QED) is 0.484. The molecule has 0 saturated carbocycles. The first kappa shape index (κ1) is 9.58. The zero-order valence-electron chi connectivity index (χ0n) is 6.19. The third-order valence-electron chi connectivity index (χ3n) is 1.78. The van der Waals surface area contributed by atoms with Crippen molar-refractivity contribution in [3.05, 3.63) is 23.8 Å². The van der Waals surface area contributed by atoms with E-state index in [0.717, 1.165) is 6.42 Å². The van der Waals surface area contributed by atoms with Crippen LogP contribution < -0.4 is 0 Å². The second-order valence-electron chi connectivity index (χ2n) is 2.82. The lowest BCUT2D eigenvalue weighted by molar-refractivity contribution is 0.799. The first-order valence-electron chi connectivity index (χ1n) is 3.49. The fourth-order valence-corrected chi connectivity index (χ4v) is 1.54. The first-order valence-corrected chi connectivity index (χ1v) is 5.14. The molecule has 0 amide bonds. The van der Waals surface area contributed by atoms with Crippen LogP contribution in [0.1, 0.15) is 6.42 Å². The predicted molar refractivity (Wildman–Crippen MR) is 55.7 cm³/mol. The summed E-state index contributed by atoms with van der Waals surface area (Å²) in [6.07, 6.45) is 7.27. The van der Waals surface area contributed by atoms with Crippen molar-refractivity contribution in [3.8, 4) is 0 Å². The molecule has 1 rings (SSSR count). The Bertz CT molecular complexity index is 198. The van der Waals surface area contributed by atoms with Gasteiger partial charge in [-0.05, 0) is 12.0 Å². The van der Waals surface area contributed by atoms with Gasteiger partial charge >= 0.3 is 0 Å². The Labute approximate surface area is 79.8 Å². The van der Waals surface area contributed by atoms with Crippen LogP contribution in [0.3, 0.4) is 0 Å². The van der Waals surface area contributed by atoms with Crippen molar-refractivity contribution in [2.75, 3.05) is 11.8 Å². The summed E-state index contributed by atoms with van der Waals surface area (Å²) in [4.78, 5) is 0. The highest BCUT2D eigenvalue weighted by molar-refractivity contribution is 7.19. The minimum absolute atomic E-state index is 0.0666. The van der Waals surface area contributed by atoms with Crippen LogP contribution in [0.4, 0.5) is 0 Å². The first-order chi connectivity index (χ1) is 5.20. The summed E-state index contributed by atoms with van der Waals surface area (Å²) in [5.74, 6) is 1.24. The maximum atomic E-state index is 5.78. The van der Waals surface area contributed by atoms with Gasteiger partial charge < -0.3 is 0 Å². The predicted octanol–water partition coefficient (Wildman–Crippen LogP) is 2.96. The molecule has 0 aromatic carbocycles. The minimum atomic E-state index is 0.0666. The summed E-state index contributed by atoms with van der Waals surface area (Å²) in [5, 5.41) is 0.0666. The molecular weight excluding hydrogens is 198 g/mol. The Morgan fingerprint density at radius 1 is 1.55 bits per heavy atom. The van der Waals surface area contributed by atoms with Gasteiger partial charge in [-0.25, -0.2) is 0 Å². The van der Waals surface area contributed by atoms with Gasteiger partial charge in [0, 0.05) is 16.9 Å². The van der Waals surface area contributed by atoms with Gasteiger partial charge in [0.25, 0.3) is 0 Å². The van der Waals surface area contributed by atoms with Crippen molar-refractivity contribution >= 4 is 32.4 Å². The second kappa shape index (κ2) is 3.94. The molecule has 2 atom stereocenters. The normalized spacial score (nSPS) is 30.3. The smallest absolute Gasteiger partial charge is 0.0470 e. The van der Waals surface area contributed by atoms with E-state index < -0.39 is 0 Å². The molecule has 0 spiro atoms. The van der Waals surface area contributed by atoms with E-state index in [1.165, 1.54) is 5.57 Å². The molecule has 0 N–H and O–H groups in total. The van der Waals surface area contributed by atoms with E-state index in [2.05, 4.69) is 21.4 Å². The number of allylic oxidation sites excluding steroid dienone is 4. The van der Waals surface area contributed by atoms with Crippen LogP contribution in [0, 0.1) is 0 Å². The number of hydrogen-bond acceptors (Lipinski definition) is 0. The van der Waals surface area contributed by atoms with E-state index in [4.69, 9.17) is 23.2 Å². The van der Waals surface area contributed by atoms with Gasteiger partial charge in [0.05, 0.1) is 0 Å². The Morgan fingerprint density at radius 2 is 2.27 bits per heavy atom. The average molecular weight is 209 g/mol. The van der Waals surface area contributed by atoms with E-state index in [0.29, 0.717) is 11.8 Å². The highest BCUT2D eigenvalue weighted by Crippen LogP contribution is 2.31. The van der Waals surface area contributed by atoms with Crippen LogP contribution in [0.2, 0.25) is 0 Å². The molecule has 0 aliphatic heterocycles. The molecule has 0 saturated heterocycles. The van der Waals surface area contributed by atoms with Gasteiger partial charge in [-0.15, -0.1) is 32.4 Å². The van der Waals surface area contributed by atoms with Crippen molar-refractivity contribution in [1.82, 2.24) is 0 Å². The van der Waals surface area contributed by atoms with Crippen LogP contribution in [-0.2, 0) is 0 Å². The Morgan fingerprint density at radius 3 is 2.64 bits per heavy atom. The summed E-state index contributed by atoms with van der Waals surface area (Å²) < 4.78 is 0. The van der Waals surface area contributed by atoms with Gasteiger partial charge in [-0.2, -0.15) is 0 Å². The number of alkyl halides is 2. The van der Waals surface area contributed by atoms with Crippen molar-refractivity contribution in [2.24, 2.45) is 0 Å². The SMILES string of the molecule is PC1(CCl)C=CC(CCl)=CC1. The van der Waals surface area contributed by atoms with Gasteiger partial charge in [0.1, 0.15) is 0 Å². The lowest BCUT2D eigenvalue weighted by Crippen LogP contribution is -2.20. The largest absolute Gasteiger partial charge is 0.125 e. The van der Waals surface area contributed by atoms with Gasteiger partial charge in [-0.1, -0.05) is 18.2 Å². The summed E-state index contributed by atoms with van der Waals surface area (Å²) in [5.41, 5.74) is 1.19. The van der Waals surface area contributed by atoms with Crippen molar-refractivity contribution in [3.63, 3.8) is 0 Å². The number of halogens is 2. The standard InChI is InChI=1S/C8H11Cl2P/c9-5-7-1-3-8(11,6-10)4-2-7/h1-3H,4-6,11H2. The molecule has 0 aromatic heterocycles. The molecule has 0 fully saturated rings. The maximum Gasteiger partial charge on any atom is 0.0470 e. The van der Waals surface area contributed by atoms with E-state index in [-0.39, 0.29) is 5.16 Å². The second-order valence-corrected chi connectivity index (χ2v) is 4.50. The molecule has 0 bridgehead atoms. The van der Waals surface area contributed by atoms with E-state index in [1.807, 2.05) is 6.08 Å². The van der Waals surface area contributed by atoms with Crippen LogP contribution in [-0.4, -0.2) is 16.9 Å². The van der Waals surface area contributed by atoms with E-state index >= 15 is 0 Å². The fraction of sp³-hybridized carbons (Fsp3) is 0.500. The third kappa shape index (κ3) is 2.47. The van der Waals surface area contributed by atoms with Crippen LogP contribution in [0.5, 0.6) is 0 Å². The highest BCUT2D eigenvalue weighted by atomic mass is 35.5. The monoisotopic (exact) mass is 208 g/mol. The van der Waals surface area contributed by atoms with Gasteiger partial charge in [0.15, 0.2) is 0 Å². The maximum absolute atomic E-state index is 5.78. The summed E-state index contributed by atoms with van der Waals surface area (Å²) in [6.45, 7) is 0. The topological polar surface area (TPSA) is 0 Å². The molecule has 2 unspecified atom stereocenters. The molecule has 0 nitrogen and oxygen atoms in total. The van der Waals surface area contributed by atoms with Gasteiger partial charge in [-0.3, -0.25) is 0 Å². The minimum Gasteiger partial charge on any atom is -0.125 e. The summed E-state index contributed by atoms with van der Waals surface area (Å²) in [7, 11) is 2.77. The molecule has 0 heterocycles. The third-order valence-corrected chi connectivity index (χ3v) is 3.47. The molecular formula is C8H11Cl2P. The zero-order chi connectivity index (χ0) is 8.32. The van der Waals surface area contributed by atoms with E-state index in [1.54, 1.807) is 0 Å². The Kier molecular flexibility index (Phi) is 3.43. The molecule has 1 aliphatic carbocycles. The van der Waals surface area contributed by atoms with Crippen molar-refractivity contribution in [2.45, 2.75) is 11.6 Å². The molecule has 11 heavy (non-hydrogen) atoms. The molecule has 0 radical (unpaired) electrons. The molecule has 62 valence electrons. The van der Waals surface area contributed by atoms with Crippen molar-refractivity contribution < 1.29 is 0 Å². The lowest BCUT2D eigenvalue weighted by Gasteiger charge is -2.24. The summed E-state index contributed by atoms with van der Waals surface area (Å²) in [6, 6.07) is 0. The number of hydrogen-bond donors (Lipinski definition) is 0. The van der Waals surface area contributed by atoms with Gasteiger partial charge in [0.2, 0.25) is 0 Å². The zero-order valence-corrected chi connectivity index (χ0v) is 8.85. The highest BCUT2D eigenvalue weighted by Gasteiger charge is 2.20.